The Kier molecular flexibility index (Phi) is 5.39. The van der Waals surface area contributed by atoms with Crippen molar-refractivity contribution in [1.29, 1.82) is 0 Å². The Bertz CT molecular complexity index is 904. The number of carbonyl (C=O) groups is 2. The maximum absolute atomic E-state index is 12.5. The molecule has 2 heterocycles. The number of nitrogens with one attached hydrogen (secondary N) is 1. The van der Waals surface area contributed by atoms with Gasteiger partial charge in [-0.1, -0.05) is 41.0 Å². The summed E-state index contributed by atoms with van der Waals surface area (Å²) in [6, 6.07) is 8.17. The van der Waals surface area contributed by atoms with E-state index in [9.17, 15) is 9.59 Å². The van der Waals surface area contributed by atoms with Crippen molar-refractivity contribution >= 4 is 69.4 Å². The molecule has 0 spiro atoms. The third-order valence-corrected chi connectivity index (χ3v) is 5.04. The highest BCUT2D eigenvalue weighted by Gasteiger charge is 2.33. The fraction of sp³-hybridized carbons (Fsp3) is 0. The summed E-state index contributed by atoms with van der Waals surface area (Å²) in [5.74, 6) is -0.909. The highest BCUT2D eigenvalue weighted by atomic mass is 35.5. The zero-order valence-electron chi connectivity index (χ0n) is 12.4. The van der Waals surface area contributed by atoms with Gasteiger partial charge in [0, 0.05) is 22.4 Å². The van der Waals surface area contributed by atoms with Crippen LogP contribution in [-0.2, 0) is 4.79 Å². The van der Waals surface area contributed by atoms with Gasteiger partial charge in [0.15, 0.2) is 4.32 Å². The molecule has 9 heteroatoms. The first-order valence-corrected chi connectivity index (χ1v) is 8.88. The van der Waals surface area contributed by atoms with Gasteiger partial charge in [0.05, 0.1) is 10.5 Å². The van der Waals surface area contributed by atoms with Crippen LogP contribution < -0.4 is 5.43 Å². The zero-order chi connectivity index (χ0) is 18.0. The average Bonchev–Trinajstić information content (AvgIpc) is 2.85. The highest BCUT2D eigenvalue weighted by molar-refractivity contribution is 8.26. The van der Waals surface area contributed by atoms with Crippen molar-refractivity contribution in [2.45, 2.75) is 0 Å². The molecule has 0 unspecified atom stereocenters. The quantitative estimate of drug-likeness (QED) is 0.614. The lowest BCUT2D eigenvalue weighted by molar-refractivity contribution is -0.123. The van der Waals surface area contributed by atoms with Crippen molar-refractivity contribution < 1.29 is 9.59 Å². The third kappa shape index (κ3) is 4.01. The number of hydrogen-bond acceptors (Lipinski definition) is 5. The number of thioether (sulfide) groups is 1. The van der Waals surface area contributed by atoms with Crippen LogP contribution in [0.5, 0.6) is 0 Å². The summed E-state index contributed by atoms with van der Waals surface area (Å²) in [4.78, 5) is 28.9. The van der Waals surface area contributed by atoms with Crippen molar-refractivity contribution in [2.75, 3.05) is 0 Å². The minimum absolute atomic E-state index is 0.221. The molecule has 1 N–H and O–H groups in total. The van der Waals surface area contributed by atoms with Crippen LogP contribution in [0.1, 0.15) is 15.9 Å². The second kappa shape index (κ2) is 7.53. The number of benzene rings is 1. The molecule has 5 nitrogen and oxygen atoms in total. The number of carbonyl (C=O) groups excluding carboxylic acids is 2. The number of amides is 2. The second-order valence-corrected chi connectivity index (χ2v) is 7.38. The van der Waals surface area contributed by atoms with Gasteiger partial charge < -0.3 is 0 Å². The van der Waals surface area contributed by atoms with E-state index in [4.69, 9.17) is 35.4 Å². The largest absolute Gasteiger partial charge is 0.285 e. The van der Waals surface area contributed by atoms with E-state index in [1.165, 1.54) is 6.20 Å². The average molecular weight is 410 g/mol. The van der Waals surface area contributed by atoms with Gasteiger partial charge in [-0.3, -0.25) is 20.0 Å². The van der Waals surface area contributed by atoms with Crippen LogP contribution in [-0.4, -0.2) is 26.1 Å². The Labute approximate surface area is 163 Å². The van der Waals surface area contributed by atoms with Gasteiger partial charge in [-0.15, -0.1) is 0 Å². The number of halogens is 2. The molecule has 1 saturated heterocycles. The third-order valence-electron chi connectivity index (χ3n) is 3.18. The van der Waals surface area contributed by atoms with Crippen molar-refractivity contribution in [2.24, 2.45) is 0 Å². The first-order chi connectivity index (χ1) is 12.0. The summed E-state index contributed by atoms with van der Waals surface area (Å²) in [6.07, 6.45) is 4.56. The molecule has 1 aliphatic heterocycles. The molecular weight excluding hydrogens is 401 g/mol. The van der Waals surface area contributed by atoms with Gasteiger partial charge in [0.2, 0.25) is 0 Å². The van der Waals surface area contributed by atoms with E-state index in [0.29, 0.717) is 26.1 Å². The number of nitrogens with zero attached hydrogens (tertiary/aromatic N) is 2. The molecule has 0 atom stereocenters. The van der Waals surface area contributed by atoms with E-state index in [0.717, 1.165) is 16.8 Å². The van der Waals surface area contributed by atoms with E-state index in [1.807, 2.05) is 0 Å². The summed E-state index contributed by atoms with van der Waals surface area (Å²) < 4.78 is 0.221. The summed E-state index contributed by atoms with van der Waals surface area (Å²) in [5.41, 5.74) is 3.43. The van der Waals surface area contributed by atoms with Gasteiger partial charge >= 0.3 is 0 Å². The summed E-state index contributed by atoms with van der Waals surface area (Å²) >= 11 is 18.2. The highest BCUT2D eigenvalue weighted by Crippen LogP contribution is 2.33. The lowest BCUT2D eigenvalue weighted by atomic mass is 10.2. The number of aromatic nitrogens is 1. The van der Waals surface area contributed by atoms with Crippen LogP contribution in [0.2, 0.25) is 10.0 Å². The predicted octanol–water partition coefficient (Wildman–Crippen LogP) is 3.93. The standard InChI is InChI=1S/C16H9Cl2N3O2S2/c17-11-4-3-9(12(18)7-11)6-13-15(23)21(16(24)25-13)20-14(22)10-2-1-5-19-8-10/h1-8H,(H,20,22)/b13-6+. The normalized spacial score (nSPS) is 15.8. The molecule has 1 aromatic carbocycles. The maximum Gasteiger partial charge on any atom is 0.285 e. The smallest absolute Gasteiger partial charge is 0.267 e. The summed E-state index contributed by atoms with van der Waals surface area (Å²) in [7, 11) is 0. The van der Waals surface area contributed by atoms with Crippen molar-refractivity contribution in [3.8, 4) is 0 Å². The van der Waals surface area contributed by atoms with E-state index in [1.54, 1.807) is 42.6 Å². The monoisotopic (exact) mass is 409 g/mol. The Morgan fingerprint density at radius 1 is 1.32 bits per heavy atom. The molecule has 0 radical (unpaired) electrons. The van der Waals surface area contributed by atoms with Crippen molar-refractivity contribution in [1.82, 2.24) is 15.4 Å². The molecule has 1 fully saturated rings. The molecule has 0 bridgehead atoms. The molecule has 1 aromatic heterocycles. The molecular formula is C16H9Cl2N3O2S2. The van der Waals surface area contributed by atoms with Crippen LogP contribution in [0, 0.1) is 0 Å². The second-order valence-electron chi connectivity index (χ2n) is 4.87. The Balaban J connectivity index is 1.80. The lowest BCUT2D eigenvalue weighted by Crippen LogP contribution is -2.44. The topological polar surface area (TPSA) is 62.3 Å². The minimum atomic E-state index is -0.477. The van der Waals surface area contributed by atoms with Gasteiger partial charge in [-0.2, -0.15) is 5.01 Å². The number of pyridine rings is 1. The van der Waals surface area contributed by atoms with E-state index < -0.39 is 11.8 Å². The van der Waals surface area contributed by atoms with Crippen LogP contribution in [0.15, 0.2) is 47.6 Å². The Hall–Kier alpha value is -1.93. The van der Waals surface area contributed by atoms with Crippen molar-refractivity contribution in [3.63, 3.8) is 0 Å². The number of rotatable bonds is 3. The Morgan fingerprint density at radius 2 is 2.12 bits per heavy atom. The minimum Gasteiger partial charge on any atom is -0.267 e. The van der Waals surface area contributed by atoms with Gasteiger partial charge in [0.25, 0.3) is 11.8 Å². The lowest BCUT2D eigenvalue weighted by Gasteiger charge is -2.15. The van der Waals surface area contributed by atoms with Gasteiger partial charge in [-0.25, -0.2) is 0 Å². The van der Waals surface area contributed by atoms with Gasteiger partial charge in [0.1, 0.15) is 0 Å². The van der Waals surface area contributed by atoms with E-state index in [2.05, 4.69) is 10.4 Å². The summed E-state index contributed by atoms with van der Waals surface area (Å²) in [6.45, 7) is 0. The first-order valence-electron chi connectivity index (χ1n) is 6.90. The van der Waals surface area contributed by atoms with Crippen molar-refractivity contribution in [3.05, 3.63) is 68.8 Å². The van der Waals surface area contributed by atoms with Crippen LogP contribution in [0.3, 0.4) is 0 Å². The molecule has 0 saturated carbocycles. The molecule has 0 aliphatic carbocycles. The zero-order valence-corrected chi connectivity index (χ0v) is 15.5. The Morgan fingerprint density at radius 3 is 2.80 bits per heavy atom. The number of thiocarbonyl (C=S) groups is 1. The fourth-order valence-electron chi connectivity index (χ4n) is 1.99. The molecule has 2 aromatic rings. The number of hydrazine groups is 1. The maximum atomic E-state index is 12.5. The van der Waals surface area contributed by atoms with Crippen LogP contribution in [0.25, 0.3) is 6.08 Å². The molecule has 3 rings (SSSR count). The van der Waals surface area contributed by atoms with Crippen LogP contribution in [0.4, 0.5) is 0 Å². The summed E-state index contributed by atoms with van der Waals surface area (Å²) in [5, 5.41) is 1.95. The molecule has 2 amide bonds. The van der Waals surface area contributed by atoms with E-state index >= 15 is 0 Å². The fourth-order valence-corrected chi connectivity index (χ4v) is 3.62. The van der Waals surface area contributed by atoms with Crippen LogP contribution >= 0.6 is 47.2 Å². The number of hydrogen-bond donors (Lipinski definition) is 1. The molecule has 1 aliphatic rings. The molecule has 25 heavy (non-hydrogen) atoms. The van der Waals surface area contributed by atoms with E-state index in [-0.39, 0.29) is 4.32 Å². The van der Waals surface area contributed by atoms with Gasteiger partial charge in [-0.05, 0) is 48.1 Å². The predicted molar refractivity (Wildman–Crippen MR) is 103 cm³/mol. The SMILES string of the molecule is O=C(NN1C(=O)/C(=C\c2ccc(Cl)cc2Cl)SC1=S)c1cccnc1. The first kappa shape index (κ1) is 17.9. The molecule has 126 valence electrons.